The summed E-state index contributed by atoms with van der Waals surface area (Å²) in [5, 5.41) is 2.43. The smallest absolute Gasteiger partial charge is 0.277 e. The summed E-state index contributed by atoms with van der Waals surface area (Å²) in [5.41, 5.74) is -0.953. The number of amides is 4. The van der Waals surface area contributed by atoms with Crippen LogP contribution >= 0.6 is 0 Å². The fraction of sp³-hybridized carbons (Fsp3) is 0.800. The third-order valence-electron chi connectivity index (χ3n) is 5.09. The molecule has 2 unspecified atom stereocenters. The van der Waals surface area contributed by atoms with E-state index in [9.17, 15) is 14.4 Å². The van der Waals surface area contributed by atoms with Gasteiger partial charge in [-0.3, -0.25) is 19.8 Å². The van der Waals surface area contributed by atoms with Crippen molar-refractivity contribution in [2.75, 3.05) is 0 Å². The van der Waals surface area contributed by atoms with Crippen molar-refractivity contribution in [1.29, 1.82) is 0 Å². The number of urea groups is 1. The van der Waals surface area contributed by atoms with Crippen molar-refractivity contribution in [2.24, 2.45) is 11.3 Å². The Morgan fingerprint density at radius 2 is 1.90 bits per heavy atom. The highest BCUT2D eigenvalue weighted by Crippen LogP contribution is 2.46. The molecule has 0 aromatic carbocycles. The van der Waals surface area contributed by atoms with Gasteiger partial charge in [-0.2, -0.15) is 0 Å². The van der Waals surface area contributed by atoms with Crippen LogP contribution in [-0.4, -0.2) is 28.8 Å². The maximum absolute atomic E-state index is 12.8. The van der Waals surface area contributed by atoms with Crippen molar-refractivity contribution in [3.8, 4) is 0 Å². The Balaban J connectivity index is 1.82. The molecule has 1 aliphatic heterocycles. The van der Waals surface area contributed by atoms with Crippen molar-refractivity contribution in [1.82, 2.24) is 10.2 Å². The molecule has 3 aliphatic rings. The third-order valence-corrected chi connectivity index (χ3v) is 5.09. The first-order valence-electron chi connectivity index (χ1n) is 7.79. The molecule has 1 spiro atoms. The molecule has 5 nitrogen and oxygen atoms in total. The first-order chi connectivity index (χ1) is 9.60. The largest absolute Gasteiger partial charge is 0.331 e. The van der Waals surface area contributed by atoms with Gasteiger partial charge < -0.3 is 0 Å². The summed E-state index contributed by atoms with van der Waals surface area (Å²) >= 11 is 0. The lowest BCUT2D eigenvalue weighted by Crippen LogP contribution is -2.65. The van der Waals surface area contributed by atoms with Gasteiger partial charge in [0.25, 0.3) is 0 Å². The maximum atomic E-state index is 12.8. The third kappa shape index (κ3) is 1.95. The lowest BCUT2D eigenvalue weighted by atomic mass is 9.71. The van der Waals surface area contributed by atoms with Crippen molar-refractivity contribution in [3.05, 3.63) is 0 Å². The molecule has 5 heteroatoms. The van der Waals surface area contributed by atoms with Crippen molar-refractivity contribution in [3.63, 3.8) is 0 Å². The highest BCUT2D eigenvalue weighted by atomic mass is 16.2. The molecule has 2 atom stereocenters. The van der Waals surface area contributed by atoms with E-state index in [0.717, 1.165) is 38.5 Å². The second-order valence-electron chi connectivity index (χ2n) is 6.43. The van der Waals surface area contributed by atoms with Crippen molar-refractivity contribution >= 4 is 17.8 Å². The predicted molar refractivity (Wildman–Crippen MR) is 72.7 cm³/mol. The van der Waals surface area contributed by atoms with Crippen LogP contribution in [0, 0.1) is 11.3 Å². The summed E-state index contributed by atoms with van der Waals surface area (Å²) < 4.78 is 0. The summed E-state index contributed by atoms with van der Waals surface area (Å²) in [4.78, 5) is 38.4. The predicted octanol–water partition coefficient (Wildman–Crippen LogP) is 2.20. The van der Waals surface area contributed by atoms with E-state index in [2.05, 4.69) is 12.2 Å². The highest BCUT2D eigenvalue weighted by Gasteiger charge is 2.58. The zero-order valence-corrected chi connectivity index (χ0v) is 12.0. The number of hydrogen-bond donors (Lipinski definition) is 1. The molecule has 2 aliphatic carbocycles. The van der Waals surface area contributed by atoms with Crippen LogP contribution in [0.1, 0.15) is 58.3 Å². The quantitative estimate of drug-likeness (QED) is 0.805. The molecule has 0 aromatic heterocycles. The molecule has 20 heavy (non-hydrogen) atoms. The summed E-state index contributed by atoms with van der Waals surface area (Å²) in [7, 11) is 0. The van der Waals surface area contributed by atoms with E-state index in [0.29, 0.717) is 18.8 Å². The van der Waals surface area contributed by atoms with Gasteiger partial charge in [0.15, 0.2) is 0 Å². The van der Waals surface area contributed by atoms with Crippen LogP contribution in [0.15, 0.2) is 0 Å². The molecular weight excluding hydrogens is 256 g/mol. The van der Waals surface area contributed by atoms with Gasteiger partial charge in [-0.05, 0) is 31.6 Å². The molecule has 2 saturated carbocycles. The Kier molecular flexibility index (Phi) is 3.30. The summed E-state index contributed by atoms with van der Waals surface area (Å²) in [5.74, 6) is -0.158. The van der Waals surface area contributed by atoms with Crippen LogP contribution in [0.2, 0.25) is 0 Å². The lowest BCUT2D eigenvalue weighted by molar-refractivity contribution is -0.154. The Morgan fingerprint density at radius 1 is 1.20 bits per heavy atom. The number of imide groups is 2. The number of carbonyl (C=O) groups excluding carboxylic acids is 3. The molecule has 1 heterocycles. The molecule has 1 saturated heterocycles. The number of barbiturate groups is 1. The first kappa shape index (κ1) is 13.6. The molecule has 110 valence electrons. The average Bonchev–Trinajstić information content (AvgIpc) is 3.17. The normalized spacial score (nSPS) is 32.5. The summed E-state index contributed by atoms with van der Waals surface area (Å²) in [6.07, 6.45) is 7.04. The van der Waals surface area contributed by atoms with Crippen molar-refractivity contribution < 1.29 is 14.4 Å². The van der Waals surface area contributed by atoms with Crippen LogP contribution in [0.4, 0.5) is 4.79 Å². The molecular formula is C15H22N2O3. The molecule has 3 fully saturated rings. The first-order valence-corrected chi connectivity index (χ1v) is 7.79. The van der Waals surface area contributed by atoms with Gasteiger partial charge in [-0.25, -0.2) is 4.79 Å². The van der Waals surface area contributed by atoms with E-state index < -0.39 is 11.4 Å². The minimum atomic E-state index is -0.953. The highest BCUT2D eigenvalue weighted by molar-refractivity contribution is 6.19. The number of nitrogens with one attached hydrogen (secondary N) is 1. The van der Waals surface area contributed by atoms with E-state index in [1.165, 1.54) is 4.90 Å². The van der Waals surface area contributed by atoms with Gasteiger partial charge in [0.05, 0.1) is 0 Å². The zero-order valence-electron chi connectivity index (χ0n) is 12.0. The van der Waals surface area contributed by atoms with Gasteiger partial charge in [-0.1, -0.05) is 32.6 Å². The van der Waals surface area contributed by atoms with Crippen LogP contribution in [-0.2, 0) is 9.59 Å². The SMILES string of the molecule is CCCC1CC1N1C(=O)NC(=O)C2(CCCCC2)C1=O. The minimum Gasteiger partial charge on any atom is -0.277 e. The maximum Gasteiger partial charge on any atom is 0.331 e. The summed E-state index contributed by atoms with van der Waals surface area (Å²) in [6.45, 7) is 2.11. The number of carbonyl (C=O) groups is 3. The number of rotatable bonds is 3. The summed E-state index contributed by atoms with van der Waals surface area (Å²) in [6, 6.07) is -0.478. The second kappa shape index (κ2) is 4.86. The second-order valence-corrected chi connectivity index (χ2v) is 6.43. The fourth-order valence-corrected chi connectivity index (χ4v) is 3.82. The molecule has 1 N–H and O–H groups in total. The van der Waals surface area contributed by atoms with Gasteiger partial charge in [0.1, 0.15) is 5.41 Å². The van der Waals surface area contributed by atoms with Gasteiger partial charge >= 0.3 is 6.03 Å². The average molecular weight is 278 g/mol. The van der Waals surface area contributed by atoms with E-state index in [-0.39, 0.29) is 17.9 Å². The minimum absolute atomic E-state index is 0.0225. The monoisotopic (exact) mass is 278 g/mol. The Labute approximate surface area is 119 Å². The van der Waals surface area contributed by atoms with E-state index >= 15 is 0 Å². The van der Waals surface area contributed by atoms with E-state index in [1.807, 2.05) is 0 Å². The van der Waals surface area contributed by atoms with Crippen LogP contribution in [0.3, 0.4) is 0 Å². The Hall–Kier alpha value is -1.39. The van der Waals surface area contributed by atoms with Crippen LogP contribution in [0.5, 0.6) is 0 Å². The molecule has 0 aromatic rings. The molecule has 0 radical (unpaired) electrons. The van der Waals surface area contributed by atoms with Gasteiger partial charge in [0.2, 0.25) is 11.8 Å². The van der Waals surface area contributed by atoms with Crippen molar-refractivity contribution in [2.45, 2.75) is 64.3 Å². The van der Waals surface area contributed by atoms with Crippen LogP contribution < -0.4 is 5.32 Å². The van der Waals surface area contributed by atoms with Crippen LogP contribution in [0.25, 0.3) is 0 Å². The molecule has 3 rings (SSSR count). The fourth-order valence-electron chi connectivity index (χ4n) is 3.82. The Bertz CT molecular complexity index is 454. The Morgan fingerprint density at radius 3 is 2.55 bits per heavy atom. The van der Waals surface area contributed by atoms with Gasteiger partial charge in [-0.15, -0.1) is 0 Å². The number of nitrogens with zero attached hydrogens (tertiary/aromatic N) is 1. The molecule has 4 amide bonds. The number of hydrogen-bond acceptors (Lipinski definition) is 3. The zero-order chi connectivity index (χ0) is 14.3. The van der Waals surface area contributed by atoms with E-state index in [4.69, 9.17) is 0 Å². The topological polar surface area (TPSA) is 66.5 Å². The van der Waals surface area contributed by atoms with Gasteiger partial charge in [0, 0.05) is 6.04 Å². The molecule has 0 bridgehead atoms. The van der Waals surface area contributed by atoms with E-state index in [1.54, 1.807) is 0 Å². The lowest BCUT2D eigenvalue weighted by Gasteiger charge is -2.41. The standard InChI is InChI=1S/C15H22N2O3/c1-2-6-10-9-11(10)17-13(19)15(7-4-3-5-8-15)12(18)16-14(17)20/h10-11H,2-9H2,1H3,(H,16,18,20).